The van der Waals surface area contributed by atoms with Gasteiger partial charge in [-0.25, -0.2) is 9.31 Å². The molecule has 148 valence electrons. The van der Waals surface area contributed by atoms with E-state index in [1.807, 2.05) is 24.3 Å². The van der Waals surface area contributed by atoms with Crippen molar-refractivity contribution in [1.29, 1.82) is 0 Å². The van der Waals surface area contributed by atoms with Gasteiger partial charge in [0.05, 0.1) is 23.9 Å². The standard InChI is InChI=1S/C19H15ClN4O4S/c1-27-13-4-2-12(3-5-13)11-24(17-8-9-28-23-17)29(26)14-6-7-15-16(10-14)19(25)22-21-18(15)20/h2-10H,11H2,1H3,(H,22,25). The summed E-state index contributed by atoms with van der Waals surface area (Å²) in [5.74, 6) is 1.13. The Balaban J connectivity index is 1.72. The van der Waals surface area contributed by atoms with E-state index in [4.69, 9.17) is 20.9 Å². The molecule has 0 aliphatic heterocycles. The highest BCUT2D eigenvalue weighted by atomic mass is 35.5. The molecule has 0 spiro atoms. The molecule has 8 nitrogen and oxygen atoms in total. The lowest BCUT2D eigenvalue weighted by Gasteiger charge is -2.21. The maximum Gasteiger partial charge on any atom is 0.272 e. The number of methoxy groups -OCH3 is 1. The molecule has 0 fully saturated rings. The van der Waals surface area contributed by atoms with Gasteiger partial charge in [-0.15, -0.1) is 0 Å². The van der Waals surface area contributed by atoms with E-state index in [9.17, 15) is 9.00 Å². The van der Waals surface area contributed by atoms with Crippen molar-refractivity contribution in [2.45, 2.75) is 11.4 Å². The van der Waals surface area contributed by atoms with Crippen LogP contribution in [0.2, 0.25) is 5.15 Å². The van der Waals surface area contributed by atoms with Crippen LogP contribution in [-0.2, 0) is 17.5 Å². The van der Waals surface area contributed by atoms with Crippen LogP contribution in [0, 0.1) is 0 Å². The molecular weight excluding hydrogens is 416 g/mol. The summed E-state index contributed by atoms with van der Waals surface area (Å²) < 4.78 is 25.1. The number of fused-ring (bicyclic) bond motifs is 1. The summed E-state index contributed by atoms with van der Waals surface area (Å²) >= 11 is 6.04. The van der Waals surface area contributed by atoms with Gasteiger partial charge in [-0.3, -0.25) is 9.10 Å². The molecule has 29 heavy (non-hydrogen) atoms. The first kappa shape index (κ1) is 19.2. The highest BCUT2D eigenvalue weighted by Gasteiger charge is 2.20. The summed E-state index contributed by atoms with van der Waals surface area (Å²) in [5.41, 5.74) is 0.486. The third-order valence-electron chi connectivity index (χ3n) is 4.28. The maximum absolute atomic E-state index is 13.4. The van der Waals surface area contributed by atoms with Gasteiger partial charge in [-0.1, -0.05) is 28.9 Å². The molecule has 2 aromatic carbocycles. The Hall–Kier alpha value is -3.17. The highest BCUT2D eigenvalue weighted by molar-refractivity contribution is 7.86. The fourth-order valence-corrected chi connectivity index (χ4v) is 4.20. The van der Waals surface area contributed by atoms with Crippen LogP contribution in [0.4, 0.5) is 5.82 Å². The second-order valence-corrected chi connectivity index (χ2v) is 7.81. The molecule has 1 unspecified atom stereocenters. The average Bonchev–Trinajstić information content (AvgIpc) is 3.29. The highest BCUT2D eigenvalue weighted by Crippen LogP contribution is 2.25. The predicted molar refractivity (Wildman–Crippen MR) is 109 cm³/mol. The monoisotopic (exact) mass is 430 g/mol. The van der Waals surface area contributed by atoms with Gasteiger partial charge in [0.2, 0.25) is 0 Å². The number of nitrogens with one attached hydrogen (secondary N) is 1. The third kappa shape index (κ3) is 3.87. The number of hydrogen-bond acceptors (Lipinski definition) is 6. The van der Waals surface area contributed by atoms with Crippen LogP contribution in [0.1, 0.15) is 5.56 Å². The number of hydrogen-bond donors (Lipinski definition) is 1. The first-order chi connectivity index (χ1) is 14.1. The van der Waals surface area contributed by atoms with Gasteiger partial charge in [0.25, 0.3) is 5.56 Å². The number of ether oxygens (including phenoxy) is 1. The van der Waals surface area contributed by atoms with Gasteiger partial charge in [0.15, 0.2) is 22.0 Å². The zero-order valence-corrected chi connectivity index (χ0v) is 16.7. The normalized spacial score (nSPS) is 12.1. The van der Waals surface area contributed by atoms with Crippen molar-refractivity contribution in [3.8, 4) is 5.75 Å². The molecule has 0 amide bonds. The summed E-state index contributed by atoms with van der Waals surface area (Å²) in [4.78, 5) is 12.5. The number of benzene rings is 2. The van der Waals surface area contributed by atoms with Crippen LogP contribution < -0.4 is 14.6 Å². The van der Waals surface area contributed by atoms with Crippen molar-refractivity contribution in [3.63, 3.8) is 0 Å². The second-order valence-electron chi connectivity index (χ2n) is 6.04. The van der Waals surface area contributed by atoms with E-state index in [1.54, 1.807) is 35.7 Å². The molecular formula is C19H15ClN4O4S. The number of aromatic nitrogens is 3. The molecule has 1 atom stereocenters. The molecule has 0 saturated heterocycles. The van der Waals surface area contributed by atoms with Crippen molar-refractivity contribution in [1.82, 2.24) is 15.4 Å². The molecule has 0 radical (unpaired) electrons. The summed E-state index contributed by atoms with van der Waals surface area (Å²) in [6, 6.07) is 13.8. The van der Waals surface area contributed by atoms with Crippen molar-refractivity contribution in [3.05, 3.63) is 75.9 Å². The summed E-state index contributed by atoms with van der Waals surface area (Å²) in [6.45, 7) is 0.300. The molecule has 0 aliphatic carbocycles. The van der Waals surface area contributed by atoms with E-state index in [2.05, 4.69) is 15.4 Å². The van der Waals surface area contributed by atoms with Crippen LogP contribution in [0.5, 0.6) is 5.75 Å². The van der Waals surface area contributed by atoms with Crippen molar-refractivity contribution >= 4 is 39.2 Å². The number of anilines is 1. The fourth-order valence-electron chi connectivity index (χ4n) is 2.80. The number of halogens is 1. The van der Waals surface area contributed by atoms with Gasteiger partial charge in [0.1, 0.15) is 12.0 Å². The largest absolute Gasteiger partial charge is 0.497 e. The SMILES string of the molecule is COc1ccc(CN(c2ccon2)S(=O)c2ccc3c(Cl)n[nH]c(=O)c3c2)cc1. The maximum atomic E-state index is 13.4. The lowest BCUT2D eigenvalue weighted by molar-refractivity contribution is 0.414. The molecule has 1 N–H and O–H groups in total. The Morgan fingerprint density at radius 1 is 1.17 bits per heavy atom. The molecule has 4 rings (SSSR count). The number of rotatable bonds is 6. The van der Waals surface area contributed by atoms with Gasteiger partial charge in [0, 0.05) is 11.5 Å². The van der Waals surface area contributed by atoms with Crippen molar-refractivity contribution in [2.75, 3.05) is 11.4 Å². The van der Waals surface area contributed by atoms with Crippen LogP contribution in [0.25, 0.3) is 10.8 Å². The minimum absolute atomic E-state index is 0.170. The van der Waals surface area contributed by atoms with Gasteiger partial charge in [-0.05, 0) is 35.9 Å². The van der Waals surface area contributed by atoms with Crippen LogP contribution in [0.3, 0.4) is 0 Å². The molecule has 2 heterocycles. The Kier molecular flexibility index (Phi) is 5.32. The van der Waals surface area contributed by atoms with E-state index in [0.29, 0.717) is 28.0 Å². The molecule has 0 saturated carbocycles. The minimum Gasteiger partial charge on any atom is -0.497 e. The Morgan fingerprint density at radius 2 is 1.97 bits per heavy atom. The zero-order valence-electron chi connectivity index (χ0n) is 15.2. The van der Waals surface area contributed by atoms with Gasteiger partial charge >= 0.3 is 0 Å². The summed E-state index contributed by atoms with van der Waals surface area (Å²) in [5, 5.41) is 10.9. The van der Waals surface area contributed by atoms with E-state index < -0.39 is 16.5 Å². The van der Waals surface area contributed by atoms with Gasteiger partial charge < -0.3 is 9.26 Å². The summed E-state index contributed by atoms with van der Waals surface area (Å²) in [7, 11) is -0.0736. The second kappa shape index (κ2) is 8.06. The first-order valence-electron chi connectivity index (χ1n) is 8.47. The van der Waals surface area contributed by atoms with E-state index in [-0.39, 0.29) is 5.15 Å². The topological polar surface area (TPSA) is 101 Å². The Bertz CT molecular complexity index is 1230. The zero-order chi connectivity index (χ0) is 20.4. The Morgan fingerprint density at radius 3 is 2.66 bits per heavy atom. The Labute approximate surface area is 172 Å². The average molecular weight is 431 g/mol. The van der Waals surface area contributed by atoms with E-state index in [0.717, 1.165) is 11.3 Å². The minimum atomic E-state index is -1.67. The van der Waals surface area contributed by atoms with Crippen LogP contribution in [-0.4, -0.2) is 26.7 Å². The van der Waals surface area contributed by atoms with E-state index in [1.165, 1.54) is 6.26 Å². The third-order valence-corrected chi connectivity index (χ3v) is 5.94. The smallest absolute Gasteiger partial charge is 0.272 e. The molecule has 0 bridgehead atoms. The molecule has 2 aromatic heterocycles. The van der Waals surface area contributed by atoms with Crippen LogP contribution in [0.15, 0.2) is 69.0 Å². The quantitative estimate of drug-likeness (QED) is 0.503. The summed E-state index contributed by atoms with van der Waals surface area (Å²) in [6.07, 6.45) is 1.41. The van der Waals surface area contributed by atoms with Crippen molar-refractivity contribution < 1.29 is 13.5 Å². The van der Waals surface area contributed by atoms with Gasteiger partial charge in [-0.2, -0.15) is 5.10 Å². The van der Waals surface area contributed by atoms with E-state index >= 15 is 0 Å². The number of aromatic amines is 1. The predicted octanol–water partition coefficient (Wildman–Crippen LogP) is 3.30. The first-order valence-corrected chi connectivity index (χ1v) is 9.96. The number of nitrogens with zero attached hydrogens (tertiary/aromatic N) is 3. The number of H-pyrrole nitrogens is 1. The molecule has 0 aliphatic rings. The molecule has 10 heteroatoms. The lowest BCUT2D eigenvalue weighted by Crippen LogP contribution is -2.26. The lowest BCUT2D eigenvalue weighted by atomic mass is 10.2. The molecule has 4 aromatic rings. The van der Waals surface area contributed by atoms with Crippen LogP contribution >= 0.6 is 11.6 Å². The van der Waals surface area contributed by atoms with Crippen molar-refractivity contribution in [2.24, 2.45) is 0 Å². The fraction of sp³-hybridized carbons (Fsp3) is 0.105.